The number of rotatable bonds is 9. The highest BCUT2D eigenvalue weighted by molar-refractivity contribution is 5.78. The van der Waals surface area contributed by atoms with E-state index in [2.05, 4.69) is 53.6 Å². The molecule has 1 aliphatic heterocycles. The summed E-state index contributed by atoms with van der Waals surface area (Å²) >= 11 is 0. The summed E-state index contributed by atoms with van der Waals surface area (Å²) < 4.78 is 0. The van der Waals surface area contributed by atoms with Crippen LogP contribution < -0.4 is 10.6 Å². The largest absolute Gasteiger partial charge is 0.355 e. The average Bonchev–Trinajstić information content (AvgIpc) is 2.63. The van der Waals surface area contributed by atoms with Gasteiger partial charge in [-0.25, -0.2) is 0 Å². The molecule has 1 heterocycles. The molecule has 0 unspecified atom stereocenters. The minimum atomic E-state index is 0.102. The SMILES string of the molecule is CCCNC(=O)CN1CCC(NC(=O)CCCc2ccc(C)cc2)CC1. The fraction of sp³-hybridized carbons (Fsp3) is 0.619. The van der Waals surface area contributed by atoms with E-state index in [9.17, 15) is 9.59 Å². The maximum absolute atomic E-state index is 12.1. The first-order valence-electron chi connectivity index (χ1n) is 9.90. The first-order chi connectivity index (χ1) is 12.6. The van der Waals surface area contributed by atoms with E-state index in [0.717, 1.165) is 51.7 Å². The Labute approximate surface area is 157 Å². The number of carbonyl (C=O) groups is 2. The minimum absolute atomic E-state index is 0.102. The molecule has 0 atom stereocenters. The molecule has 2 amide bonds. The number of benzene rings is 1. The fourth-order valence-corrected chi connectivity index (χ4v) is 3.27. The van der Waals surface area contributed by atoms with Gasteiger partial charge >= 0.3 is 0 Å². The molecule has 0 radical (unpaired) electrons. The maximum Gasteiger partial charge on any atom is 0.234 e. The summed E-state index contributed by atoms with van der Waals surface area (Å²) in [7, 11) is 0. The van der Waals surface area contributed by atoms with Crippen molar-refractivity contribution in [2.45, 2.75) is 58.4 Å². The fourth-order valence-electron chi connectivity index (χ4n) is 3.27. The predicted octanol–water partition coefficient (Wildman–Crippen LogP) is 2.42. The van der Waals surface area contributed by atoms with E-state index in [4.69, 9.17) is 0 Å². The van der Waals surface area contributed by atoms with Crippen LogP contribution in [-0.2, 0) is 16.0 Å². The number of nitrogens with one attached hydrogen (secondary N) is 2. The normalized spacial score (nSPS) is 15.6. The van der Waals surface area contributed by atoms with Crippen molar-refractivity contribution in [1.82, 2.24) is 15.5 Å². The number of carbonyl (C=O) groups excluding carboxylic acids is 2. The van der Waals surface area contributed by atoms with Gasteiger partial charge in [0, 0.05) is 32.1 Å². The third-order valence-electron chi connectivity index (χ3n) is 4.88. The topological polar surface area (TPSA) is 61.4 Å². The zero-order valence-electron chi connectivity index (χ0n) is 16.2. The number of hydrogen-bond acceptors (Lipinski definition) is 3. The van der Waals surface area contributed by atoms with Crippen molar-refractivity contribution >= 4 is 11.8 Å². The molecule has 5 nitrogen and oxygen atoms in total. The van der Waals surface area contributed by atoms with Gasteiger partial charge in [0.1, 0.15) is 0 Å². The molecule has 0 spiro atoms. The number of hydrogen-bond donors (Lipinski definition) is 2. The van der Waals surface area contributed by atoms with E-state index in [-0.39, 0.29) is 17.9 Å². The van der Waals surface area contributed by atoms with Crippen LogP contribution in [0.3, 0.4) is 0 Å². The molecule has 1 saturated heterocycles. The molecule has 26 heavy (non-hydrogen) atoms. The van der Waals surface area contributed by atoms with Crippen LogP contribution in [0.25, 0.3) is 0 Å². The van der Waals surface area contributed by atoms with E-state index in [1.807, 2.05) is 0 Å². The molecule has 1 fully saturated rings. The lowest BCUT2D eigenvalue weighted by Crippen LogP contribution is -2.47. The lowest BCUT2D eigenvalue weighted by atomic mass is 10.0. The monoisotopic (exact) mass is 359 g/mol. The molecule has 0 aliphatic carbocycles. The molecule has 1 aliphatic rings. The third kappa shape index (κ3) is 7.56. The molecule has 1 aromatic carbocycles. The number of piperidine rings is 1. The molecule has 2 N–H and O–H groups in total. The molecule has 0 bridgehead atoms. The van der Waals surface area contributed by atoms with E-state index < -0.39 is 0 Å². The molecule has 1 aromatic rings. The van der Waals surface area contributed by atoms with Gasteiger partial charge in [0.15, 0.2) is 0 Å². The summed E-state index contributed by atoms with van der Waals surface area (Å²) in [6, 6.07) is 8.76. The quantitative estimate of drug-likeness (QED) is 0.712. The summed E-state index contributed by atoms with van der Waals surface area (Å²) in [5, 5.41) is 6.07. The van der Waals surface area contributed by atoms with Crippen LogP contribution in [-0.4, -0.2) is 48.9 Å². The Morgan fingerprint density at radius 3 is 2.46 bits per heavy atom. The van der Waals surface area contributed by atoms with Crippen molar-refractivity contribution in [2.24, 2.45) is 0 Å². The van der Waals surface area contributed by atoms with Gasteiger partial charge in [-0.15, -0.1) is 0 Å². The number of likely N-dealkylation sites (tertiary alicyclic amines) is 1. The molecule has 0 saturated carbocycles. The van der Waals surface area contributed by atoms with Crippen molar-refractivity contribution in [1.29, 1.82) is 0 Å². The Balaban J connectivity index is 1.58. The maximum atomic E-state index is 12.1. The van der Waals surface area contributed by atoms with E-state index in [1.165, 1.54) is 11.1 Å². The van der Waals surface area contributed by atoms with Crippen LogP contribution in [0.5, 0.6) is 0 Å². The Hall–Kier alpha value is -1.88. The molecule has 5 heteroatoms. The molecule has 0 aromatic heterocycles. The van der Waals surface area contributed by atoms with Crippen LogP contribution in [0, 0.1) is 6.92 Å². The zero-order valence-corrected chi connectivity index (χ0v) is 16.2. The van der Waals surface area contributed by atoms with Crippen molar-refractivity contribution < 1.29 is 9.59 Å². The van der Waals surface area contributed by atoms with Crippen molar-refractivity contribution in [2.75, 3.05) is 26.2 Å². The number of nitrogens with zero attached hydrogens (tertiary/aromatic N) is 1. The second-order valence-corrected chi connectivity index (χ2v) is 7.31. The highest BCUT2D eigenvalue weighted by atomic mass is 16.2. The van der Waals surface area contributed by atoms with Gasteiger partial charge < -0.3 is 10.6 Å². The lowest BCUT2D eigenvalue weighted by molar-refractivity contribution is -0.124. The first-order valence-corrected chi connectivity index (χ1v) is 9.90. The molecular formula is C21H33N3O2. The average molecular weight is 360 g/mol. The van der Waals surface area contributed by atoms with Crippen LogP contribution in [0.2, 0.25) is 0 Å². The minimum Gasteiger partial charge on any atom is -0.355 e. The zero-order chi connectivity index (χ0) is 18.8. The highest BCUT2D eigenvalue weighted by Crippen LogP contribution is 2.11. The second-order valence-electron chi connectivity index (χ2n) is 7.31. The lowest BCUT2D eigenvalue weighted by Gasteiger charge is -2.31. The van der Waals surface area contributed by atoms with Crippen molar-refractivity contribution in [3.05, 3.63) is 35.4 Å². The Morgan fingerprint density at radius 1 is 1.12 bits per heavy atom. The van der Waals surface area contributed by atoms with Crippen molar-refractivity contribution in [3.8, 4) is 0 Å². The molecule has 144 valence electrons. The highest BCUT2D eigenvalue weighted by Gasteiger charge is 2.21. The van der Waals surface area contributed by atoms with E-state index in [0.29, 0.717) is 13.0 Å². The smallest absolute Gasteiger partial charge is 0.234 e. The first kappa shape index (κ1) is 20.4. The van der Waals surface area contributed by atoms with Gasteiger partial charge in [-0.3, -0.25) is 14.5 Å². The van der Waals surface area contributed by atoms with Crippen LogP contribution in [0.4, 0.5) is 0 Å². The summed E-state index contributed by atoms with van der Waals surface area (Å²) in [4.78, 5) is 26.1. The second kappa shape index (κ2) is 11.0. The van der Waals surface area contributed by atoms with E-state index >= 15 is 0 Å². The summed E-state index contributed by atoms with van der Waals surface area (Å²) in [6.07, 6.45) is 5.21. The van der Waals surface area contributed by atoms with Gasteiger partial charge in [-0.05, 0) is 44.6 Å². The van der Waals surface area contributed by atoms with E-state index in [1.54, 1.807) is 0 Å². The van der Waals surface area contributed by atoms with Gasteiger partial charge in [-0.2, -0.15) is 0 Å². The Morgan fingerprint density at radius 2 is 1.81 bits per heavy atom. The van der Waals surface area contributed by atoms with Crippen LogP contribution >= 0.6 is 0 Å². The van der Waals surface area contributed by atoms with Crippen molar-refractivity contribution in [3.63, 3.8) is 0 Å². The standard InChI is InChI=1S/C21H33N3O2/c1-3-13-22-21(26)16-24-14-11-19(12-15-24)23-20(25)6-4-5-18-9-7-17(2)8-10-18/h7-10,19H,3-6,11-16H2,1-2H3,(H,22,26)(H,23,25). The molecular weight excluding hydrogens is 326 g/mol. The third-order valence-corrected chi connectivity index (χ3v) is 4.88. The summed E-state index contributed by atoms with van der Waals surface area (Å²) in [5.74, 6) is 0.252. The van der Waals surface area contributed by atoms with Gasteiger partial charge in [-0.1, -0.05) is 36.8 Å². The predicted molar refractivity (Wildman–Crippen MR) is 105 cm³/mol. The van der Waals surface area contributed by atoms with Crippen LogP contribution in [0.15, 0.2) is 24.3 Å². The molecule has 2 rings (SSSR count). The van der Waals surface area contributed by atoms with Gasteiger partial charge in [0.05, 0.1) is 6.54 Å². The number of amides is 2. The van der Waals surface area contributed by atoms with Gasteiger partial charge in [0.2, 0.25) is 11.8 Å². The Bertz CT molecular complexity index is 563. The van der Waals surface area contributed by atoms with Gasteiger partial charge in [0.25, 0.3) is 0 Å². The summed E-state index contributed by atoms with van der Waals surface area (Å²) in [5.41, 5.74) is 2.55. The summed E-state index contributed by atoms with van der Waals surface area (Å²) in [6.45, 7) is 7.09. The Kier molecular flexibility index (Phi) is 8.62. The van der Waals surface area contributed by atoms with Crippen LogP contribution in [0.1, 0.15) is 50.2 Å². The number of aryl methyl sites for hydroxylation is 2.